The number of allylic oxidation sites excluding steroid dienone is 8. The summed E-state index contributed by atoms with van der Waals surface area (Å²) >= 11 is 0. The van der Waals surface area contributed by atoms with E-state index >= 15 is 0 Å². The second-order valence-electron chi connectivity index (χ2n) is 12.1. The average molecular weight is 569 g/mol. The summed E-state index contributed by atoms with van der Waals surface area (Å²) in [5, 5.41) is 0. The quantitative estimate of drug-likeness (QED) is 0.0633. The average Bonchev–Trinajstić information content (AvgIpc) is 3.45. The summed E-state index contributed by atoms with van der Waals surface area (Å²) < 4.78 is 11.9. The van der Waals surface area contributed by atoms with Crippen LogP contribution in [0.15, 0.2) is 61.1 Å². The molecule has 0 N–H and O–H groups in total. The Kier molecular flexibility index (Phi) is 27.1. The van der Waals surface area contributed by atoms with Gasteiger partial charge in [-0.05, 0) is 77.0 Å². The fourth-order valence-electron chi connectivity index (χ4n) is 5.46. The number of unbranched alkanes of at least 4 members (excludes halogenated alkanes) is 18. The Hall–Kier alpha value is -1.70. The highest BCUT2D eigenvalue weighted by atomic mass is 16.7. The van der Waals surface area contributed by atoms with E-state index in [1.165, 1.54) is 141 Å². The fourth-order valence-corrected chi connectivity index (χ4v) is 5.46. The number of ether oxygens (including phenoxy) is 2. The summed E-state index contributed by atoms with van der Waals surface area (Å²) in [5.74, 6) is -0.371. The van der Waals surface area contributed by atoms with Gasteiger partial charge in [-0.15, -0.1) is 0 Å². The molecule has 1 heterocycles. The smallest absolute Gasteiger partial charge is 0.249 e. The van der Waals surface area contributed by atoms with E-state index in [-0.39, 0.29) is 5.79 Å². The molecule has 0 aromatic carbocycles. The monoisotopic (exact) mass is 569 g/mol. The first-order valence-electron chi connectivity index (χ1n) is 17.9. The molecule has 0 saturated heterocycles. The molecule has 0 fully saturated rings. The molecule has 0 spiro atoms. The van der Waals surface area contributed by atoms with Crippen LogP contribution < -0.4 is 0 Å². The molecule has 0 saturated carbocycles. The van der Waals surface area contributed by atoms with Crippen molar-refractivity contribution in [3.05, 3.63) is 61.1 Å². The molecule has 1 aliphatic heterocycles. The number of hydrogen-bond acceptors (Lipinski definition) is 2. The Labute approximate surface area is 256 Å². The Morgan fingerprint density at radius 2 is 0.707 bits per heavy atom. The van der Waals surface area contributed by atoms with Crippen molar-refractivity contribution in [3.8, 4) is 0 Å². The summed E-state index contributed by atoms with van der Waals surface area (Å²) in [5.41, 5.74) is 0. The van der Waals surface area contributed by atoms with Crippen LogP contribution in [0.5, 0.6) is 0 Å². The van der Waals surface area contributed by atoms with Gasteiger partial charge in [-0.2, -0.15) is 0 Å². The fraction of sp³-hybridized carbons (Fsp3) is 0.744. The lowest BCUT2D eigenvalue weighted by atomic mass is 9.98. The van der Waals surface area contributed by atoms with E-state index in [0.717, 1.165) is 25.7 Å². The van der Waals surface area contributed by atoms with E-state index in [9.17, 15) is 0 Å². The van der Waals surface area contributed by atoms with Gasteiger partial charge in [-0.25, -0.2) is 0 Å². The molecule has 236 valence electrons. The van der Waals surface area contributed by atoms with E-state index in [1.54, 1.807) is 12.5 Å². The van der Waals surface area contributed by atoms with Crippen molar-refractivity contribution in [2.75, 3.05) is 0 Å². The van der Waals surface area contributed by atoms with E-state index in [2.05, 4.69) is 62.5 Å². The molecule has 2 heteroatoms. The molecule has 0 aliphatic carbocycles. The molecular weight excluding hydrogens is 500 g/mol. The number of rotatable bonds is 30. The molecule has 0 amide bonds. The molecule has 41 heavy (non-hydrogen) atoms. The van der Waals surface area contributed by atoms with E-state index in [0.29, 0.717) is 0 Å². The van der Waals surface area contributed by atoms with E-state index in [1.807, 2.05) is 0 Å². The van der Waals surface area contributed by atoms with Gasteiger partial charge in [-0.3, -0.25) is 0 Å². The van der Waals surface area contributed by atoms with Crippen LogP contribution in [-0.4, -0.2) is 5.79 Å². The molecule has 0 unspecified atom stereocenters. The van der Waals surface area contributed by atoms with Gasteiger partial charge in [-0.1, -0.05) is 140 Å². The highest BCUT2D eigenvalue weighted by Crippen LogP contribution is 2.32. The lowest BCUT2D eigenvalue weighted by Gasteiger charge is -2.28. The Morgan fingerprint density at radius 1 is 0.390 bits per heavy atom. The van der Waals surface area contributed by atoms with Crippen LogP contribution >= 0.6 is 0 Å². The molecule has 0 radical (unpaired) electrons. The molecule has 1 aliphatic rings. The molecule has 2 nitrogen and oxygen atoms in total. The van der Waals surface area contributed by atoms with Gasteiger partial charge in [0.2, 0.25) is 5.79 Å². The first-order valence-corrected chi connectivity index (χ1v) is 17.9. The van der Waals surface area contributed by atoms with Crippen molar-refractivity contribution >= 4 is 0 Å². The summed E-state index contributed by atoms with van der Waals surface area (Å²) in [6.07, 6.45) is 55.2. The lowest BCUT2D eigenvalue weighted by Crippen LogP contribution is -2.29. The third-order valence-corrected chi connectivity index (χ3v) is 8.14. The van der Waals surface area contributed by atoms with Gasteiger partial charge in [0.1, 0.15) is 12.5 Å². The van der Waals surface area contributed by atoms with Crippen LogP contribution in [0, 0.1) is 0 Å². The molecule has 0 atom stereocenters. The maximum absolute atomic E-state index is 5.96. The second-order valence-corrected chi connectivity index (χ2v) is 12.1. The highest BCUT2D eigenvalue weighted by Gasteiger charge is 2.34. The predicted octanol–water partition coefficient (Wildman–Crippen LogP) is 13.6. The SMILES string of the molecule is CCCCC/C=C\C/C=C\CCCCCCCCC1(CCCCCCCC/C=C\C/C=C\CCCCC)OC=CO1. The van der Waals surface area contributed by atoms with Gasteiger partial charge < -0.3 is 9.47 Å². The summed E-state index contributed by atoms with van der Waals surface area (Å²) in [6.45, 7) is 4.53. The van der Waals surface area contributed by atoms with Crippen molar-refractivity contribution in [1.29, 1.82) is 0 Å². The van der Waals surface area contributed by atoms with E-state index in [4.69, 9.17) is 9.47 Å². The van der Waals surface area contributed by atoms with Crippen LogP contribution in [0.2, 0.25) is 0 Å². The largest absolute Gasteiger partial charge is 0.457 e. The van der Waals surface area contributed by atoms with E-state index < -0.39 is 0 Å². The normalized spacial score (nSPS) is 14.8. The molecule has 0 bridgehead atoms. The first kappa shape index (κ1) is 37.3. The van der Waals surface area contributed by atoms with Gasteiger partial charge in [0, 0.05) is 12.8 Å². The zero-order valence-corrected chi connectivity index (χ0v) is 27.5. The van der Waals surface area contributed by atoms with Gasteiger partial charge in [0.05, 0.1) is 0 Å². The zero-order chi connectivity index (χ0) is 29.4. The maximum atomic E-state index is 5.96. The second kappa shape index (κ2) is 29.8. The molecule has 0 aromatic rings. The summed E-state index contributed by atoms with van der Waals surface area (Å²) in [7, 11) is 0. The summed E-state index contributed by atoms with van der Waals surface area (Å²) in [6, 6.07) is 0. The highest BCUT2D eigenvalue weighted by molar-refractivity contribution is 4.93. The summed E-state index contributed by atoms with van der Waals surface area (Å²) in [4.78, 5) is 0. The topological polar surface area (TPSA) is 18.5 Å². The minimum absolute atomic E-state index is 0.371. The standard InChI is InChI=1S/C39H68O2/c1-3-5-7-9-11-13-15-17-19-21-23-25-27-29-31-33-35-39(40-37-38-41-39)36-34-32-30-28-26-24-22-20-18-16-14-12-10-8-6-4-2/h11-14,17-20,37-38H,3-10,15-16,21-36H2,1-2H3/b13-11-,14-12-,19-17-,20-18-. The minimum Gasteiger partial charge on any atom is -0.457 e. The number of hydrogen-bond donors (Lipinski definition) is 0. The maximum Gasteiger partial charge on any atom is 0.249 e. The van der Waals surface area contributed by atoms with Crippen LogP contribution in [0.1, 0.15) is 181 Å². The Balaban J connectivity index is 1.93. The van der Waals surface area contributed by atoms with Crippen molar-refractivity contribution in [1.82, 2.24) is 0 Å². The van der Waals surface area contributed by atoms with Crippen molar-refractivity contribution in [2.45, 2.75) is 187 Å². The predicted molar refractivity (Wildman–Crippen MR) is 182 cm³/mol. The molecular formula is C39H68O2. The molecule has 0 aromatic heterocycles. The lowest BCUT2D eigenvalue weighted by molar-refractivity contribution is -0.153. The van der Waals surface area contributed by atoms with Gasteiger partial charge in [0.15, 0.2) is 0 Å². The first-order chi connectivity index (χ1) is 20.3. The van der Waals surface area contributed by atoms with Crippen LogP contribution in [0.4, 0.5) is 0 Å². The Bertz CT molecular complexity index is 626. The van der Waals surface area contributed by atoms with Crippen LogP contribution in [0.25, 0.3) is 0 Å². The van der Waals surface area contributed by atoms with Gasteiger partial charge in [0.25, 0.3) is 0 Å². The van der Waals surface area contributed by atoms with Gasteiger partial charge >= 0.3 is 0 Å². The van der Waals surface area contributed by atoms with Crippen molar-refractivity contribution in [3.63, 3.8) is 0 Å². The van der Waals surface area contributed by atoms with Crippen molar-refractivity contribution in [2.24, 2.45) is 0 Å². The van der Waals surface area contributed by atoms with Crippen LogP contribution in [0.3, 0.4) is 0 Å². The third-order valence-electron chi connectivity index (χ3n) is 8.14. The van der Waals surface area contributed by atoms with Crippen LogP contribution in [-0.2, 0) is 9.47 Å². The minimum atomic E-state index is -0.371. The van der Waals surface area contributed by atoms with Crippen molar-refractivity contribution < 1.29 is 9.47 Å². The third kappa shape index (κ3) is 24.6. The molecule has 1 rings (SSSR count). The zero-order valence-electron chi connectivity index (χ0n) is 27.5. The Morgan fingerprint density at radius 3 is 1.07 bits per heavy atom.